The first-order valence-corrected chi connectivity index (χ1v) is 17.0. The second kappa shape index (κ2) is 18.1. The van der Waals surface area contributed by atoms with Gasteiger partial charge in [-0.2, -0.15) is 0 Å². The van der Waals surface area contributed by atoms with Crippen LogP contribution in [0.4, 0.5) is 0 Å². The van der Waals surface area contributed by atoms with Gasteiger partial charge in [0.25, 0.3) is 5.91 Å². The van der Waals surface area contributed by atoms with Crippen molar-refractivity contribution in [2.75, 3.05) is 20.2 Å². The van der Waals surface area contributed by atoms with E-state index in [1.54, 1.807) is 38.3 Å². The number of hydrogen-bond donors (Lipinski definition) is 4. The quantitative estimate of drug-likeness (QED) is 0.280. The smallest absolute Gasteiger partial charge is 0.251 e. The van der Waals surface area contributed by atoms with Gasteiger partial charge in [-0.1, -0.05) is 44.5 Å². The zero-order valence-corrected chi connectivity index (χ0v) is 29.1. The fourth-order valence-corrected chi connectivity index (χ4v) is 5.59. The van der Waals surface area contributed by atoms with Crippen LogP contribution in [0.3, 0.4) is 0 Å². The Morgan fingerprint density at radius 1 is 0.878 bits per heavy atom. The molecule has 4 amide bonds. The first kappa shape index (κ1) is 37.0. The third-order valence-electron chi connectivity index (χ3n) is 8.83. The monoisotopic (exact) mass is 671 g/mol. The lowest BCUT2D eigenvalue weighted by Gasteiger charge is -2.27. The Morgan fingerprint density at radius 3 is 2.22 bits per heavy atom. The zero-order chi connectivity index (χ0) is 35.3. The summed E-state index contributed by atoms with van der Waals surface area (Å²) in [6.07, 6.45) is 6.00. The van der Waals surface area contributed by atoms with E-state index in [0.29, 0.717) is 43.2 Å². The van der Waals surface area contributed by atoms with E-state index in [-0.39, 0.29) is 24.2 Å². The third-order valence-corrected chi connectivity index (χ3v) is 8.83. The molecule has 0 saturated carbocycles. The predicted octanol–water partition coefficient (Wildman–Crippen LogP) is 3.08. The maximum atomic E-state index is 13.8. The largest absolute Gasteiger partial charge is 0.497 e. The van der Waals surface area contributed by atoms with Crippen LogP contribution in [0, 0.1) is 12.8 Å². The van der Waals surface area contributed by atoms with Crippen LogP contribution in [0.1, 0.15) is 72.9 Å². The van der Waals surface area contributed by atoms with Crippen LogP contribution >= 0.6 is 0 Å². The van der Waals surface area contributed by atoms with Crippen LogP contribution in [0.15, 0.2) is 60.9 Å². The number of fused-ring (bicyclic) bond motifs is 18. The number of nitrogens with zero attached hydrogens (tertiary/aromatic N) is 3. The highest BCUT2D eigenvalue weighted by Gasteiger charge is 2.31. The van der Waals surface area contributed by atoms with Gasteiger partial charge in [-0.15, -0.1) is 0 Å². The normalized spacial score (nSPS) is 21.0. The minimum atomic E-state index is -1.00. The van der Waals surface area contributed by atoms with Gasteiger partial charge in [-0.05, 0) is 74.5 Å². The summed E-state index contributed by atoms with van der Waals surface area (Å²) in [6.45, 7) is 9.78. The fraction of sp³-hybridized carbons (Fsp3) is 0.459. The van der Waals surface area contributed by atoms with Crippen LogP contribution < -0.4 is 26.0 Å². The lowest BCUT2D eigenvalue weighted by molar-refractivity contribution is -0.132. The van der Waals surface area contributed by atoms with Crippen LogP contribution in [-0.4, -0.2) is 76.8 Å². The Kier molecular flexibility index (Phi) is 13.6. The number of rotatable bonds is 7. The molecule has 2 bridgehead atoms. The number of nitrogens with one attached hydrogen (secondary N) is 4. The van der Waals surface area contributed by atoms with E-state index in [1.165, 1.54) is 0 Å². The molecule has 2 aliphatic rings. The van der Waals surface area contributed by atoms with Gasteiger partial charge in [0.2, 0.25) is 17.7 Å². The Morgan fingerprint density at radius 2 is 1.57 bits per heavy atom. The van der Waals surface area contributed by atoms with Crippen molar-refractivity contribution in [1.29, 1.82) is 0 Å². The third kappa shape index (κ3) is 11.1. The zero-order valence-electron chi connectivity index (χ0n) is 29.1. The minimum Gasteiger partial charge on any atom is -0.497 e. The maximum Gasteiger partial charge on any atom is 0.251 e. The Balaban J connectivity index is 1.58. The molecule has 12 nitrogen and oxygen atoms in total. The van der Waals surface area contributed by atoms with Crippen molar-refractivity contribution in [3.05, 3.63) is 89.0 Å². The van der Waals surface area contributed by atoms with Crippen molar-refractivity contribution in [2.24, 2.45) is 5.92 Å². The number of benzene rings is 2. The average molecular weight is 672 g/mol. The lowest BCUT2D eigenvalue weighted by Crippen LogP contribution is -2.58. The van der Waals surface area contributed by atoms with Crippen LogP contribution in [0.25, 0.3) is 0 Å². The molecule has 262 valence electrons. The molecule has 0 radical (unpaired) electrons. The molecule has 3 aromatic rings. The van der Waals surface area contributed by atoms with E-state index in [4.69, 9.17) is 4.74 Å². The van der Waals surface area contributed by atoms with E-state index in [2.05, 4.69) is 36.1 Å². The fourth-order valence-electron chi connectivity index (χ4n) is 5.59. The molecule has 2 aromatic carbocycles. The Hall–Kier alpha value is -4.84. The second-order valence-corrected chi connectivity index (χ2v) is 12.7. The van der Waals surface area contributed by atoms with Gasteiger partial charge in [0.1, 0.15) is 29.7 Å². The molecule has 1 aromatic heterocycles. The number of hydrogen-bond acceptors (Lipinski definition) is 8. The van der Waals surface area contributed by atoms with Gasteiger partial charge in [0.05, 0.1) is 7.11 Å². The van der Waals surface area contributed by atoms with Crippen LogP contribution in [-0.2, 0) is 33.9 Å². The predicted molar refractivity (Wildman–Crippen MR) is 187 cm³/mol. The van der Waals surface area contributed by atoms with Crippen molar-refractivity contribution < 1.29 is 23.9 Å². The van der Waals surface area contributed by atoms with Crippen molar-refractivity contribution in [1.82, 2.24) is 36.1 Å². The number of carbonyl (C=O) groups is 4. The number of aromatic nitrogens is 2. The second-order valence-electron chi connectivity index (χ2n) is 12.7. The Labute approximate surface area is 288 Å². The molecule has 0 spiro atoms. The summed E-state index contributed by atoms with van der Waals surface area (Å²) in [5, 5.41) is 11.5. The summed E-state index contributed by atoms with van der Waals surface area (Å²) in [5.41, 5.74) is 3.24. The molecule has 49 heavy (non-hydrogen) atoms. The van der Waals surface area contributed by atoms with E-state index < -0.39 is 29.9 Å². The van der Waals surface area contributed by atoms with Gasteiger partial charge >= 0.3 is 0 Å². The summed E-state index contributed by atoms with van der Waals surface area (Å²) in [6, 6.07) is 11.8. The van der Waals surface area contributed by atoms with E-state index >= 15 is 0 Å². The summed E-state index contributed by atoms with van der Waals surface area (Å²) < 4.78 is 5.26. The van der Waals surface area contributed by atoms with Crippen molar-refractivity contribution in [3.63, 3.8) is 0 Å². The van der Waals surface area contributed by atoms with Crippen LogP contribution in [0.2, 0.25) is 0 Å². The van der Waals surface area contributed by atoms with Gasteiger partial charge in [0.15, 0.2) is 0 Å². The maximum absolute atomic E-state index is 13.8. The summed E-state index contributed by atoms with van der Waals surface area (Å²) in [5.74, 6) is -0.527. The van der Waals surface area contributed by atoms with Crippen molar-refractivity contribution in [2.45, 2.75) is 84.6 Å². The van der Waals surface area contributed by atoms with Gasteiger partial charge in [0, 0.05) is 49.6 Å². The molecule has 3 heterocycles. The molecule has 0 fully saturated rings. The molecule has 4 N–H and O–H groups in total. The molecule has 4 atom stereocenters. The number of carbonyl (C=O) groups excluding carboxylic acids is 4. The summed E-state index contributed by atoms with van der Waals surface area (Å²) >= 11 is 0. The molecular formula is C37H49N7O5. The summed E-state index contributed by atoms with van der Waals surface area (Å²) in [7, 11) is 1.57. The molecule has 2 aliphatic heterocycles. The highest BCUT2D eigenvalue weighted by Crippen LogP contribution is 2.16. The van der Waals surface area contributed by atoms with Gasteiger partial charge in [-0.3, -0.25) is 24.1 Å². The number of amides is 4. The molecule has 5 rings (SSSR count). The number of ether oxygens (including phenoxy) is 1. The number of methoxy groups -OCH3 is 1. The van der Waals surface area contributed by atoms with E-state index in [1.807, 2.05) is 57.4 Å². The number of aryl methyl sites for hydroxylation is 1. The minimum absolute atomic E-state index is 0.170. The molecule has 12 heteroatoms. The van der Waals surface area contributed by atoms with Crippen molar-refractivity contribution in [3.8, 4) is 5.75 Å². The molecular weight excluding hydrogens is 622 g/mol. The van der Waals surface area contributed by atoms with Gasteiger partial charge < -0.3 is 26.0 Å². The highest BCUT2D eigenvalue weighted by atomic mass is 16.5. The van der Waals surface area contributed by atoms with Gasteiger partial charge in [-0.25, -0.2) is 9.97 Å². The van der Waals surface area contributed by atoms with Crippen molar-refractivity contribution >= 4 is 23.6 Å². The molecule has 0 aliphatic carbocycles. The topological polar surface area (TPSA) is 155 Å². The molecule has 0 saturated heterocycles. The first-order valence-electron chi connectivity index (χ1n) is 17.0. The highest BCUT2D eigenvalue weighted by molar-refractivity contribution is 5.99. The summed E-state index contributed by atoms with van der Waals surface area (Å²) in [4.78, 5) is 64.8. The van der Waals surface area contributed by atoms with E-state index in [9.17, 15) is 19.2 Å². The molecule has 1 unspecified atom stereocenters. The first-order chi connectivity index (χ1) is 23.6. The van der Waals surface area contributed by atoms with E-state index in [0.717, 1.165) is 36.1 Å². The lowest BCUT2D eigenvalue weighted by atomic mass is 9.96. The standard InChI is InChI=1S/C37H49N7O5/c1-6-24(2)33-37(48)42-32(19-27-11-15-31(49-5)16-12-27)36(47)41-25(3)34(45)38-17-7-8-18-44(23-29-20-39-26(4)40-21-29)22-28-9-13-30(14-10-28)35(46)43-33/h9-16,20-21,24-25,32-33H,6-8,17-19,22-23H2,1-5H3,(H,38,45)(H,41,47)(H,42,48)(H,43,46)/t24-,25+,32-,33?/m0/s1. The Bertz CT molecular complexity index is 1550. The van der Waals surface area contributed by atoms with Crippen LogP contribution in [0.5, 0.6) is 5.75 Å². The SMILES string of the molecule is CC[C@H](C)C1NC(=O)c2ccc(cc2)CN(Cc2cnc(C)nc2)CCCCNC(=O)[C@@H](C)NC(=O)[C@H](Cc2ccc(OC)cc2)NC1=O. The average Bonchev–Trinajstić information content (AvgIpc) is 3.10.